The largest absolute Gasteiger partial charge is 0.480 e. The fourth-order valence-corrected chi connectivity index (χ4v) is 1.54. The lowest BCUT2D eigenvalue weighted by molar-refractivity contribution is -0.161. The van der Waals surface area contributed by atoms with Gasteiger partial charge in [0.1, 0.15) is 5.41 Å². The summed E-state index contributed by atoms with van der Waals surface area (Å²) in [5.74, 6) is -2.33. The fraction of sp³-hybridized carbons (Fsp3) is 0.818. The van der Waals surface area contributed by atoms with Crippen molar-refractivity contribution in [3.63, 3.8) is 0 Å². The van der Waals surface area contributed by atoms with Gasteiger partial charge in [0.2, 0.25) is 5.91 Å². The molecule has 0 radical (unpaired) electrons. The van der Waals surface area contributed by atoms with Crippen LogP contribution < -0.4 is 5.32 Å². The maximum absolute atomic E-state index is 11.9. The van der Waals surface area contributed by atoms with Crippen LogP contribution in [0.1, 0.15) is 33.6 Å². The molecule has 0 aromatic heterocycles. The number of carbonyl (C=O) groups is 2. The Balaban J connectivity index is 2.85. The van der Waals surface area contributed by atoms with Crippen LogP contribution in [0.25, 0.3) is 0 Å². The first-order valence-corrected chi connectivity index (χ1v) is 5.52. The Morgan fingerprint density at radius 2 is 1.88 bits per heavy atom. The summed E-state index contributed by atoms with van der Waals surface area (Å²) in [7, 11) is 0. The number of aliphatic hydroxyl groups excluding tert-OH is 1. The molecule has 0 heterocycles. The molecule has 0 bridgehead atoms. The van der Waals surface area contributed by atoms with Gasteiger partial charge in [0, 0.05) is 12.0 Å². The summed E-state index contributed by atoms with van der Waals surface area (Å²) in [5.41, 5.74) is -1.57. The third kappa shape index (κ3) is 2.35. The van der Waals surface area contributed by atoms with Crippen LogP contribution in [0.3, 0.4) is 0 Å². The van der Waals surface area contributed by atoms with Gasteiger partial charge in [0.05, 0.1) is 6.10 Å². The van der Waals surface area contributed by atoms with Crippen LogP contribution in [-0.2, 0) is 9.59 Å². The molecule has 16 heavy (non-hydrogen) atoms. The van der Waals surface area contributed by atoms with Gasteiger partial charge in [-0.2, -0.15) is 0 Å². The molecule has 1 amide bonds. The van der Waals surface area contributed by atoms with Crippen molar-refractivity contribution in [3.05, 3.63) is 0 Å². The predicted octanol–water partition coefficient (Wildman–Crippen LogP) is 0.373. The molecule has 92 valence electrons. The molecule has 1 aliphatic carbocycles. The van der Waals surface area contributed by atoms with Crippen molar-refractivity contribution in [1.29, 1.82) is 0 Å². The van der Waals surface area contributed by atoms with Gasteiger partial charge in [-0.1, -0.05) is 6.92 Å². The molecule has 1 saturated carbocycles. The molecule has 3 unspecified atom stereocenters. The number of aliphatic hydroxyl groups is 1. The molecule has 5 nitrogen and oxygen atoms in total. The van der Waals surface area contributed by atoms with Gasteiger partial charge < -0.3 is 15.5 Å². The quantitative estimate of drug-likeness (QED) is 0.594. The van der Waals surface area contributed by atoms with Crippen molar-refractivity contribution in [3.8, 4) is 0 Å². The lowest BCUT2D eigenvalue weighted by Gasteiger charge is -2.31. The Morgan fingerprint density at radius 1 is 1.38 bits per heavy atom. The van der Waals surface area contributed by atoms with Crippen LogP contribution in [0.5, 0.6) is 0 Å². The molecule has 1 rings (SSSR count). The van der Waals surface area contributed by atoms with Crippen LogP contribution in [0.2, 0.25) is 0 Å². The average Bonchev–Trinajstić information content (AvgIpc) is 2.98. The molecular formula is C11H19NO4. The minimum Gasteiger partial charge on any atom is -0.480 e. The highest BCUT2D eigenvalue weighted by molar-refractivity contribution is 6.02. The third-order valence-electron chi connectivity index (χ3n) is 3.46. The van der Waals surface area contributed by atoms with Gasteiger partial charge in [-0.15, -0.1) is 0 Å². The van der Waals surface area contributed by atoms with E-state index in [1.807, 2.05) is 0 Å². The summed E-state index contributed by atoms with van der Waals surface area (Å²) in [6.07, 6.45) is 0.973. The number of hydrogen-bond acceptors (Lipinski definition) is 3. The van der Waals surface area contributed by atoms with E-state index in [0.29, 0.717) is 0 Å². The summed E-state index contributed by atoms with van der Waals surface area (Å²) in [6, 6.07) is 0.118. The number of amides is 1. The number of rotatable bonds is 5. The number of hydrogen-bond donors (Lipinski definition) is 3. The Labute approximate surface area is 94.8 Å². The highest BCUT2D eigenvalue weighted by atomic mass is 16.4. The number of nitrogens with one attached hydrogen (secondary N) is 1. The summed E-state index contributed by atoms with van der Waals surface area (Å²) in [4.78, 5) is 23.1. The van der Waals surface area contributed by atoms with Gasteiger partial charge >= 0.3 is 5.97 Å². The average molecular weight is 229 g/mol. The van der Waals surface area contributed by atoms with Crippen LogP contribution in [0, 0.1) is 11.3 Å². The number of carboxylic acids is 1. The normalized spacial score (nSPS) is 23.0. The van der Waals surface area contributed by atoms with Crippen molar-refractivity contribution in [2.24, 2.45) is 11.3 Å². The fourth-order valence-electron chi connectivity index (χ4n) is 1.54. The highest BCUT2D eigenvalue weighted by Gasteiger charge is 2.49. The first kappa shape index (κ1) is 13.0. The van der Waals surface area contributed by atoms with Crippen molar-refractivity contribution in [2.45, 2.75) is 45.8 Å². The van der Waals surface area contributed by atoms with E-state index >= 15 is 0 Å². The van der Waals surface area contributed by atoms with E-state index < -0.39 is 29.3 Å². The smallest absolute Gasteiger partial charge is 0.319 e. The highest BCUT2D eigenvalue weighted by Crippen LogP contribution is 2.32. The van der Waals surface area contributed by atoms with Crippen LogP contribution >= 0.6 is 0 Å². The van der Waals surface area contributed by atoms with Crippen molar-refractivity contribution in [2.75, 3.05) is 0 Å². The molecule has 3 atom stereocenters. The molecule has 0 aromatic carbocycles. The van der Waals surface area contributed by atoms with E-state index in [2.05, 4.69) is 5.32 Å². The molecule has 0 saturated heterocycles. The van der Waals surface area contributed by atoms with E-state index in [-0.39, 0.29) is 6.04 Å². The van der Waals surface area contributed by atoms with Gasteiger partial charge in [0.25, 0.3) is 0 Å². The number of aliphatic carboxylic acids is 1. The standard InChI is InChI=1S/C11H19NO4/c1-6(7(2)13)11(3,10(15)16)9(14)12-8-4-5-8/h6-8,13H,4-5H2,1-3H3,(H,12,14)(H,15,16). The predicted molar refractivity (Wildman–Crippen MR) is 57.8 cm³/mol. The van der Waals surface area contributed by atoms with E-state index in [1.54, 1.807) is 6.92 Å². The lowest BCUT2D eigenvalue weighted by atomic mass is 9.74. The second-order valence-corrected chi connectivity index (χ2v) is 4.78. The van der Waals surface area contributed by atoms with Gasteiger partial charge in [-0.3, -0.25) is 9.59 Å². The Kier molecular flexibility index (Phi) is 3.57. The minimum absolute atomic E-state index is 0.118. The zero-order valence-corrected chi connectivity index (χ0v) is 9.86. The van der Waals surface area contributed by atoms with Gasteiger partial charge in [0.15, 0.2) is 0 Å². The molecular weight excluding hydrogens is 210 g/mol. The van der Waals surface area contributed by atoms with Crippen LogP contribution in [-0.4, -0.2) is 34.2 Å². The maximum Gasteiger partial charge on any atom is 0.319 e. The molecule has 0 spiro atoms. The Hall–Kier alpha value is -1.10. The molecule has 0 aromatic rings. The lowest BCUT2D eigenvalue weighted by Crippen LogP contribution is -2.51. The second kappa shape index (κ2) is 4.41. The zero-order chi connectivity index (χ0) is 12.5. The monoisotopic (exact) mass is 229 g/mol. The summed E-state index contributed by atoms with van der Waals surface area (Å²) in [5, 5.41) is 21.3. The topological polar surface area (TPSA) is 86.6 Å². The van der Waals surface area contributed by atoms with Crippen LogP contribution in [0.4, 0.5) is 0 Å². The van der Waals surface area contributed by atoms with Crippen molar-refractivity contribution < 1.29 is 19.8 Å². The van der Waals surface area contributed by atoms with Gasteiger partial charge in [-0.05, 0) is 26.7 Å². The second-order valence-electron chi connectivity index (χ2n) is 4.78. The first-order chi connectivity index (χ1) is 7.30. The van der Waals surface area contributed by atoms with E-state index in [1.165, 1.54) is 13.8 Å². The molecule has 5 heteroatoms. The minimum atomic E-state index is -1.57. The molecule has 1 aliphatic rings. The zero-order valence-electron chi connectivity index (χ0n) is 9.86. The number of carboxylic acid groups (broad SMARTS) is 1. The first-order valence-electron chi connectivity index (χ1n) is 5.52. The molecule has 0 aliphatic heterocycles. The Morgan fingerprint density at radius 3 is 2.19 bits per heavy atom. The van der Waals surface area contributed by atoms with Gasteiger partial charge in [-0.25, -0.2) is 0 Å². The summed E-state index contributed by atoms with van der Waals surface area (Å²) < 4.78 is 0. The number of carbonyl (C=O) groups excluding carboxylic acids is 1. The van der Waals surface area contributed by atoms with E-state index in [9.17, 15) is 19.8 Å². The van der Waals surface area contributed by atoms with Crippen molar-refractivity contribution in [1.82, 2.24) is 5.32 Å². The summed E-state index contributed by atoms with van der Waals surface area (Å²) >= 11 is 0. The van der Waals surface area contributed by atoms with E-state index in [0.717, 1.165) is 12.8 Å². The van der Waals surface area contributed by atoms with Crippen molar-refractivity contribution >= 4 is 11.9 Å². The molecule has 1 fully saturated rings. The third-order valence-corrected chi connectivity index (χ3v) is 3.46. The SMILES string of the molecule is CC(O)C(C)C(C)(C(=O)O)C(=O)NC1CC1. The van der Waals surface area contributed by atoms with Crippen LogP contribution in [0.15, 0.2) is 0 Å². The Bertz CT molecular complexity index is 298. The van der Waals surface area contributed by atoms with E-state index in [4.69, 9.17) is 0 Å². The maximum atomic E-state index is 11.9. The summed E-state index contributed by atoms with van der Waals surface area (Å²) in [6.45, 7) is 4.44. The molecule has 3 N–H and O–H groups in total.